The summed E-state index contributed by atoms with van der Waals surface area (Å²) in [7, 11) is 0. The van der Waals surface area contributed by atoms with Crippen LogP contribution in [0.4, 0.5) is 4.39 Å². The second-order valence-corrected chi connectivity index (χ2v) is 2.83. The van der Waals surface area contributed by atoms with Gasteiger partial charge in [-0.15, -0.1) is 0 Å². The summed E-state index contributed by atoms with van der Waals surface area (Å²) in [6.07, 6.45) is 0. The van der Waals surface area contributed by atoms with Gasteiger partial charge in [0.15, 0.2) is 0 Å². The Morgan fingerprint density at radius 3 is 2.58 bits per heavy atom. The molecular formula is C9H12FNO. The predicted octanol–water partition coefficient (Wildman–Crippen LogP) is 1.61. The molecule has 1 aromatic rings. The number of benzene rings is 1. The molecule has 0 atom stereocenters. The molecular weight excluding hydrogens is 157 g/mol. The number of hydrogen-bond acceptors (Lipinski definition) is 2. The van der Waals surface area contributed by atoms with Gasteiger partial charge in [0, 0.05) is 12.1 Å². The predicted molar refractivity (Wildman–Crippen MR) is 45.4 cm³/mol. The minimum atomic E-state index is -0.314. The highest BCUT2D eigenvalue weighted by Crippen LogP contribution is 2.26. The second-order valence-electron chi connectivity index (χ2n) is 2.83. The lowest BCUT2D eigenvalue weighted by Gasteiger charge is -2.09. The smallest absolute Gasteiger partial charge is 0.126 e. The number of phenols is 1. The number of phenolic OH excluding ortho intramolecular Hbond substituents is 1. The maximum absolute atomic E-state index is 13.0. The van der Waals surface area contributed by atoms with Gasteiger partial charge in [-0.3, -0.25) is 0 Å². The van der Waals surface area contributed by atoms with Crippen LogP contribution in [0.1, 0.15) is 16.7 Å². The van der Waals surface area contributed by atoms with Gasteiger partial charge in [0.1, 0.15) is 11.6 Å². The third-order valence-corrected chi connectivity index (χ3v) is 2.02. The van der Waals surface area contributed by atoms with E-state index in [1.165, 1.54) is 6.07 Å². The Bertz CT molecular complexity index is 284. The van der Waals surface area contributed by atoms with E-state index in [4.69, 9.17) is 5.73 Å². The van der Waals surface area contributed by atoms with Gasteiger partial charge >= 0.3 is 0 Å². The highest BCUT2D eigenvalue weighted by Gasteiger charge is 2.10. The monoisotopic (exact) mass is 169 g/mol. The van der Waals surface area contributed by atoms with E-state index in [0.29, 0.717) is 16.7 Å². The highest BCUT2D eigenvalue weighted by molar-refractivity contribution is 5.45. The van der Waals surface area contributed by atoms with Gasteiger partial charge in [0.05, 0.1) is 0 Å². The summed E-state index contributed by atoms with van der Waals surface area (Å²) >= 11 is 0. The molecule has 0 radical (unpaired) electrons. The number of rotatable bonds is 1. The van der Waals surface area contributed by atoms with Crippen LogP contribution in [0.25, 0.3) is 0 Å². The van der Waals surface area contributed by atoms with Crippen LogP contribution in [0.2, 0.25) is 0 Å². The molecule has 0 saturated heterocycles. The Labute approximate surface area is 70.8 Å². The van der Waals surface area contributed by atoms with E-state index in [2.05, 4.69) is 0 Å². The van der Waals surface area contributed by atoms with Crippen molar-refractivity contribution in [2.45, 2.75) is 20.4 Å². The van der Waals surface area contributed by atoms with Crippen molar-refractivity contribution in [2.75, 3.05) is 0 Å². The first-order chi connectivity index (χ1) is 5.57. The van der Waals surface area contributed by atoms with Crippen molar-refractivity contribution in [2.24, 2.45) is 5.73 Å². The largest absolute Gasteiger partial charge is 0.507 e. The van der Waals surface area contributed by atoms with Crippen LogP contribution < -0.4 is 5.73 Å². The van der Waals surface area contributed by atoms with Crippen molar-refractivity contribution in [3.63, 3.8) is 0 Å². The SMILES string of the molecule is Cc1cc(F)c(C)c(CN)c1O. The van der Waals surface area contributed by atoms with E-state index in [-0.39, 0.29) is 18.1 Å². The average Bonchev–Trinajstić information content (AvgIpc) is 2.02. The van der Waals surface area contributed by atoms with Crippen LogP contribution in [-0.2, 0) is 6.54 Å². The molecule has 0 aromatic heterocycles. The van der Waals surface area contributed by atoms with Crippen molar-refractivity contribution >= 4 is 0 Å². The van der Waals surface area contributed by atoms with Crippen LogP contribution in [0, 0.1) is 19.7 Å². The van der Waals surface area contributed by atoms with Crippen LogP contribution in [0.3, 0.4) is 0 Å². The first-order valence-corrected chi connectivity index (χ1v) is 3.75. The highest BCUT2D eigenvalue weighted by atomic mass is 19.1. The summed E-state index contributed by atoms with van der Waals surface area (Å²) in [6.45, 7) is 3.42. The first kappa shape index (κ1) is 9.00. The molecule has 0 heterocycles. The zero-order valence-corrected chi connectivity index (χ0v) is 7.19. The number of hydrogen-bond donors (Lipinski definition) is 2. The molecule has 0 unspecified atom stereocenters. The van der Waals surface area contributed by atoms with Crippen molar-refractivity contribution in [3.05, 3.63) is 28.6 Å². The van der Waals surface area contributed by atoms with Gasteiger partial charge in [0.2, 0.25) is 0 Å². The average molecular weight is 169 g/mol. The van der Waals surface area contributed by atoms with Gasteiger partial charge in [-0.25, -0.2) is 4.39 Å². The Balaban J connectivity index is 3.42. The van der Waals surface area contributed by atoms with Crippen LogP contribution >= 0.6 is 0 Å². The molecule has 3 N–H and O–H groups in total. The molecule has 0 fully saturated rings. The van der Waals surface area contributed by atoms with E-state index < -0.39 is 0 Å². The molecule has 2 nitrogen and oxygen atoms in total. The molecule has 0 bridgehead atoms. The van der Waals surface area contributed by atoms with Crippen LogP contribution in [-0.4, -0.2) is 5.11 Å². The topological polar surface area (TPSA) is 46.2 Å². The summed E-state index contributed by atoms with van der Waals surface area (Å²) in [4.78, 5) is 0. The molecule has 0 saturated carbocycles. The van der Waals surface area contributed by atoms with E-state index >= 15 is 0 Å². The lowest BCUT2D eigenvalue weighted by Crippen LogP contribution is -2.02. The van der Waals surface area contributed by atoms with Crippen LogP contribution in [0.5, 0.6) is 5.75 Å². The lowest BCUT2D eigenvalue weighted by atomic mass is 10.0. The number of halogens is 1. The maximum Gasteiger partial charge on any atom is 0.126 e. The second kappa shape index (κ2) is 3.11. The molecule has 0 aliphatic heterocycles. The van der Waals surface area contributed by atoms with Crippen molar-refractivity contribution in [3.8, 4) is 5.75 Å². The zero-order chi connectivity index (χ0) is 9.30. The fourth-order valence-electron chi connectivity index (χ4n) is 1.18. The van der Waals surface area contributed by atoms with Crippen LogP contribution in [0.15, 0.2) is 6.07 Å². The Morgan fingerprint density at radius 2 is 2.08 bits per heavy atom. The molecule has 12 heavy (non-hydrogen) atoms. The minimum absolute atomic E-state index is 0.108. The molecule has 1 aromatic carbocycles. The standard InChI is InChI=1S/C9H12FNO/c1-5-3-8(10)6(2)7(4-11)9(5)12/h3,12H,4,11H2,1-2H3. The summed E-state index contributed by atoms with van der Waals surface area (Å²) < 4.78 is 13.0. The molecule has 1 rings (SSSR count). The molecule has 0 spiro atoms. The zero-order valence-electron chi connectivity index (χ0n) is 7.19. The Morgan fingerprint density at radius 1 is 1.50 bits per heavy atom. The number of aromatic hydroxyl groups is 1. The van der Waals surface area contributed by atoms with Gasteiger partial charge in [0.25, 0.3) is 0 Å². The summed E-state index contributed by atoms with van der Waals surface area (Å²) in [5, 5.41) is 9.46. The van der Waals surface area contributed by atoms with Crippen molar-refractivity contribution in [1.82, 2.24) is 0 Å². The van der Waals surface area contributed by atoms with Crippen molar-refractivity contribution < 1.29 is 9.50 Å². The summed E-state index contributed by atoms with van der Waals surface area (Å²) in [5.41, 5.74) is 6.81. The third kappa shape index (κ3) is 1.28. The van der Waals surface area contributed by atoms with Gasteiger partial charge < -0.3 is 10.8 Å². The fourth-order valence-corrected chi connectivity index (χ4v) is 1.18. The van der Waals surface area contributed by atoms with Crippen molar-refractivity contribution in [1.29, 1.82) is 0 Å². The Hall–Kier alpha value is -1.09. The molecule has 3 heteroatoms. The van der Waals surface area contributed by atoms with E-state index in [9.17, 15) is 9.50 Å². The normalized spacial score (nSPS) is 10.3. The Kier molecular flexibility index (Phi) is 2.33. The quantitative estimate of drug-likeness (QED) is 0.670. The van der Waals surface area contributed by atoms with E-state index in [0.717, 1.165) is 0 Å². The number of aryl methyl sites for hydroxylation is 1. The maximum atomic E-state index is 13.0. The molecule has 0 amide bonds. The van der Waals surface area contributed by atoms with Gasteiger partial charge in [-0.1, -0.05) is 0 Å². The lowest BCUT2D eigenvalue weighted by molar-refractivity contribution is 0.460. The minimum Gasteiger partial charge on any atom is -0.507 e. The summed E-state index contributed by atoms with van der Waals surface area (Å²) in [5.74, 6) is -0.206. The van der Waals surface area contributed by atoms with E-state index in [1.807, 2.05) is 0 Å². The van der Waals surface area contributed by atoms with E-state index in [1.54, 1.807) is 13.8 Å². The fraction of sp³-hybridized carbons (Fsp3) is 0.333. The molecule has 0 aliphatic rings. The molecule has 0 aliphatic carbocycles. The molecule has 66 valence electrons. The van der Waals surface area contributed by atoms with Gasteiger partial charge in [-0.05, 0) is 31.0 Å². The number of nitrogens with two attached hydrogens (primary N) is 1. The first-order valence-electron chi connectivity index (χ1n) is 3.75. The summed E-state index contributed by atoms with van der Waals surface area (Å²) in [6, 6.07) is 1.31. The third-order valence-electron chi connectivity index (χ3n) is 2.02. The van der Waals surface area contributed by atoms with Gasteiger partial charge in [-0.2, -0.15) is 0 Å².